The molecule has 0 saturated heterocycles. The molecule has 15 aromatic heterocycles. The first kappa shape index (κ1) is 87.3. The molecule has 0 amide bonds. The molecule has 16 heterocycles. The van der Waals surface area contributed by atoms with Crippen molar-refractivity contribution in [2.75, 3.05) is 0 Å². The van der Waals surface area contributed by atoms with Gasteiger partial charge in [0.05, 0.1) is 50.1 Å². The molecule has 27 heteroatoms. The van der Waals surface area contributed by atoms with Gasteiger partial charge in [0.25, 0.3) is 0 Å². The third-order valence-electron chi connectivity index (χ3n) is 7.11. The predicted molar refractivity (Wildman–Crippen MR) is 359 cm³/mol. The minimum absolute atomic E-state index is 0. The Bertz CT molecular complexity index is 2270. The van der Waals surface area contributed by atoms with E-state index in [1.165, 1.54) is 50.6 Å². The number of hydrogen-bond acceptors (Lipinski definition) is 23. The van der Waals surface area contributed by atoms with Crippen LogP contribution >= 0.6 is 11.3 Å². The molecular weight excluding hydrogens is 1170 g/mol. The van der Waals surface area contributed by atoms with Crippen LogP contribution in [0.4, 0.5) is 0 Å². The number of hydrogen-bond donors (Lipinski definition) is 4. The van der Waals surface area contributed by atoms with E-state index in [1.807, 2.05) is 133 Å². The molecule has 4 N–H and O–H groups in total. The molecule has 0 fully saturated rings. The second-order valence-corrected chi connectivity index (χ2v) is 14.1. The Morgan fingerprint density at radius 2 is 0.736 bits per heavy atom. The number of oxazole rings is 2. The number of pyridine rings is 1. The van der Waals surface area contributed by atoms with Crippen LogP contribution in [0.25, 0.3) is 0 Å². The van der Waals surface area contributed by atoms with E-state index in [2.05, 4.69) is 128 Å². The summed E-state index contributed by atoms with van der Waals surface area (Å²) in [6.45, 7) is 0. The van der Waals surface area contributed by atoms with Crippen molar-refractivity contribution in [1.82, 2.24) is 105 Å². The van der Waals surface area contributed by atoms with E-state index in [4.69, 9.17) is 0 Å². The number of imidazole rings is 2. The van der Waals surface area contributed by atoms with Gasteiger partial charge in [-0.05, 0) is 95.7 Å². The Morgan fingerprint density at radius 1 is 0.297 bits per heavy atom. The summed E-state index contributed by atoms with van der Waals surface area (Å²) in [6.07, 6.45) is 65.3. The highest BCUT2D eigenvalue weighted by Crippen LogP contribution is 1.91. The summed E-state index contributed by atoms with van der Waals surface area (Å²) in [7, 11) is 0. The molecule has 1 aliphatic heterocycles. The quantitative estimate of drug-likeness (QED) is 0.110. The zero-order chi connectivity index (χ0) is 60.8. The first-order valence-corrected chi connectivity index (χ1v) is 25.8. The van der Waals surface area contributed by atoms with Gasteiger partial charge >= 0.3 is 0 Å². The number of allylic oxidation sites excluding steroid dienone is 1. The van der Waals surface area contributed by atoms with Crippen molar-refractivity contribution in [3.8, 4) is 0 Å². The van der Waals surface area contributed by atoms with Crippen molar-refractivity contribution < 1.29 is 17.7 Å². The van der Waals surface area contributed by atoms with E-state index in [0.29, 0.717) is 0 Å². The molecular formula is C64H84N22O4S. The van der Waals surface area contributed by atoms with Crippen LogP contribution < -0.4 is 0 Å². The summed E-state index contributed by atoms with van der Waals surface area (Å²) in [5.74, 6) is 0. The monoisotopic (exact) mass is 1260 g/mol. The molecule has 15 aromatic rings. The van der Waals surface area contributed by atoms with Gasteiger partial charge in [0.2, 0.25) is 0 Å². The first-order valence-electron chi connectivity index (χ1n) is 24.8. The molecule has 480 valence electrons. The van der Waals surface area contributed by atoms with Crippen molar-refractivity contribution in [3.63, 3.8) is 0 Å². The van der Waals surface area contributed by atoms with Crippen molar-refractivity contribution in [1.29, 1.82) is 0 Å². The minimum atomic E-state index is 0. The van der Waals surface area contributed by atoms with Crippen molar-refractivity contribution in [3.05, 3.63) is 351 Å². The van der Waals surface area contributed by atoms with Gasteiger partial charge < -0.3 is 32.6 Å². The number of aromatic nitrogens is 21. The van der Waals surface area contributed by atoms with Crippen LogP contribution in [0.15, 0.2) is 373 Å². The zero-order valence-corrected chi connectivity index (χ0v) is 47.1. The summed E-state index contributed by atoms with van der Waals surface area (Å²) in [4.78, 5) is 55.8. The molecule has 26 nitrogen and oxygen atoms in total. The SMILES string of the molecule is C.C.C.C.C.C1=CN=CC1.c1c[nH]cn1.c1c[nH]cn1.c1cc[nH]c1.c1ccncc1.c1ccnnc1.c1ccnnc1.c1ccoc1.c1ccoc1.c1ccsc1.c1cn[nH]c1.c1cnccn1.c1cncnc1.c1cocn1.c1cocn1.c1ncncn1. The Labute approximate surface area is 537 Å². The first-order chi connectivity index (χ1) is 43.0. The highest BCUT2D eigenvalue weighted by molar-refractivity contribution is 7.07. The third-order valence-corrected chi connectivity index (χ3v) is 7.74. The lowest BCUT2D eigenvalue weighted by atomic mass is 10.5. The van der Waals surface area contributed by atoms with E-state index in [0.717, 1.165) is 6.42 Å². The van der Waals surface area contributed by atoms with E-state index < -0.39 is 0 Å². The van der Waals surface area contributed by atoms with Gasteiger partial charge in [-0.25, -0.2) is 44.9 Å². The summed E-state index contributed by atoms with van der Waals surface area (Å²) >= 11 is 1.71. The lowest BCUT2D eigenvalue weighted by Gasteiger charge is -1.70. The Hall–Kier alpha value is -12.5. The van der Waals surface area contributed by atoms with Gasteiger partial charge in [-0.2, -0.15) is 36.8 Å². The van der Waals surface area contributed by atoms with Crippen LogP contribution in [0.1, 0.15) is 43.6 Å². The van der Waals surface area contributed by atoms with Crippen molar-refractivity contribution in [2.45, 2.75) is 43.6 Å². The summed E-state index contributed by atoms with van der Waals surface area (Å²) in [5, 5.41) is 24.4. The lowest BCUT2D eigenvalue weighted by molar-refractivity contribution is 0.557. The molecule has 0 atom stereocenters. The maximum Gasteiger partial charge on any atom is 0.180 e. The zero-order valence-electron chi connectivity index (χ0n) is 46.3. The second-order valence-electron chi connectivity index (χ2n) is 13.3. The standard InChI is InChI=1S/C5H5N.4C4H4N2.2C4H5N.2C4H4O.C4H4S.C3H3N3.3C3H4N2.2C3H3NO.5CH4/c1-2-4-6-5-3-1;1-2-6-4-3-5-1;1-2-5-4-6-3-1;2*1-2-4-6-5-3-1;5*1-2-4-5-3-1;1-4-2-6-3-5-1;2*1-2-5-3-4-1;1-2-4-5-3-1;2*1-2-5-3-4-1;;;;;/h1-5H;4*1-4H;1,3-4H,2H2;1-5H;3*1-4H;1-3H;3*1-3H,(H,4,5);2*1-3H;5*1H4. The predicted octanol–water partition coefficient (Wildman–Crippen LogP) is 14.9. The van der Waals surface area contributed by atoms with Gasteiger partial charge in [0.1, 0.15) is 37.8 Å². The number of H-pyrrole nitrogens is 4. The molecule has 0 unspecified atom stereocenters. The van der Waals surface area contributed by atoms with Gasteiger partial charge in [-0.3, -0.25) is 25.0 Å². The Morgan fingerprint density at radius 3 is 0.868 bits per heavy atom. The van der Waals surface area contributed by atoms with E-state index in [1.54, 1.807) is 185 Å². The molecule has 0 aromatic carbocycles. The van der Waals surface area contributed by atoms with Gasteiger partial charge in [0, 0.05) is 143 Å². The van der Waals surface area contributed by atoms with Gasteiger partial charge in [0.15, 0.2) is 12.8 Å². The fourth-order valence-electron chi connectivity index (χ4n) is 3.79. The van der Waals surface area contributed by atoms with E-state index in [-0.39, 0.29) is 37.1 Å². The Balaban J connectivity index is -0.000000288. The number of rotatable bonds is 0. The average molecular weight is 1260 g/mol. The molecule has 0 aliphatic carbocycles. The number of thiophene rings is 1. The highest BCUT2D eigenvalue weighted by atomic mass is 32.1. The van der Waals surface area contributed by atoms with E-state index >= 15 is 0 Å². The molecule has 0 radical (unpaired) electrons. The van der Waals surface area contributed by atoms with Crippen LogP contribution in [0.2, 0.25) is 0 Å². The summed E-state index contributed by atoms with van der Waals surface area (Å²) < 4.78 is 18.1. The van der Waals surface area contributed by atoms with Crippen LogP contribution in [0, 0.1) is 0 Å². The van der Waals surface area contributed by atoms with Crippen LogP contribution in [0.5, 0.6) is 0 Å². The van der Waals surface area contributed by atoms with Crippen LogP contribution in [-0.4, -0.2) is 112 Å². The maximum atomic E-state index is 4.58. The lowest BCUT2D eigenvalue weighted by Crippen LogP contribution is -1.73. The van der Waals surface area contributed by atoms with Crippen LogP contribution in [-0.2, 0) is 0 Å². The largest absolute Gasteiger partial charge is 0.473 e. The van der Waals surface area contributed by atoms with Gasteiger partial charge in [-0.1, -0.05) is 61.4 Å². The number of aromatic amines is 4. The van der Waals surface area contributed by atoms with Crippen molar-refractivity contribution >= 4 is 17.6 Å². The third kappa shape index (κ3) is 81.8. The van der Waals surface area contributed by atoms with E-state index in [9.17, 15) is 0 Å². The van der Waals surface area contributed by atoms with Crippen LogP contribution in [0.3, 0.4) is 0 Å². The maximum absolute atomic E-state index is 4.58. The number of nitrogens with zero attached hydrogens (tertiary/aromatic N) is 18. The molecule has 16 rings (SSSR count). The highest BCUT2D eigenvalue weighted by Gasteiger charge is 1.73. The normalized spacial score (nSPS) is 8.09. The minimum Gasteiger partial charge on any atom is -0.473 e. The molecule has 91 heavy (non-hydrogen) atoms. The smallest absolute Gasteiger partial charge is 0.180 e. The molecule has 1 aliphatic rings. The second kappa shape index (κ2) is 83.9. The fraction of sp³-hybridized carbons (Fsp3) is 0.0938. The fourth-order valence-corrected chi connectivity index (χ4v) is 4.24. The molecule has 0 saturated carbocycles. The topological polar surface area (TPSA) is 347 Å². The summed E-state index contributed by atoms with van der Waals surface area (Å²) in [5.41, 5.74) is 0. The Kier molecular flexibility index (Phi) is 80.5. The summed E-state index contributed by atoms with van der Waals surface area (Å²) in [6, 6.07) is 31.9. The number of nitrogens with one attached hydrogen (secondary N) is 4. The number of furan rings is 2. The molecule has 0 bridgehead atoms. The number of aliphatic imine (C=N–C) groups is 1. The average Bonchev–Trinajstić information content (AvgIpc) is 4.46. The van der Waals surface area contributed by atoms with Crippen molar-refractivity contribution in [2.24, 2.45) is 4.99 Å². The molecule has 0 spiro atoms. The van der Waals surface area contributed by atoms with Gasteiger partial charge in [-0.15, -0.1) is 0 Å².